The molecule has 3 N–H and O–H groups in total. The maximum Gasteiger partial charge on any atom is 0.112 e. The lowest BCUT2D eigenvalue weighted by molar-refractivity contribution is 0.824. The Morgan fingerprint density at radius 3 is 2.62 bits per heavy atom. The summed E-state index contributed by atoms with van der Waals surface area (Å²) in [6.45, 7) is 0. The molecule has 2 nitrogen and oxygen atoms in total. The van der Waals surface area contributed by atoms with Gasteiger partial charge >= 0.3 is 0 Å². The summed E-state index contributed by atoms with van der Waals surface area (Å²) in [5.41, 5.74) is 0. The quantitative estimate of drug-likeness (QED) is 0.415. The van der Waals surface area contributed by atoms with Crippen molar-refractivity contribution in [2.45, 2.75) is 0 Å². The summed E-state index contributed by atoms with van der Waals surface area (Å²) in [5.74, 6) is 0. The summed E-state index contributed by atoms with van der Waals surface area (Å²) in [4.78, 5) is 0. The van der Waals surface area contributed by atoms with Crippen molar-refractivity contribution in [3.63, 3.8) is 0 Å². The molecule has 0 radical (unpaired) electrons. The number of halogens is 1. The van der Waals surface area contributed by atoms with Gasteiger partial charge in [0.2, 0.25) is 0 Å². The molecule has 0 atom stereocenters. The molecule has 0 spiro atoms. The molecule has 0 aromatic carbocycles. The van der Waals surface area contributed by atoms with Gasteiger partial charge < -0.3 is 10.2 Å². The molecule has 0 aliphatic carbocycles. The number of hydrogen-bond donors (Lipinski definition) is 1. The smallest absolute Gasteiger partial charge is 0.112 e. The Hall–Kier alpha value is -0.120. The molecule has 0 bridgehead atoms. The topological polar surface area (TPSA) is 43.5 Å². The van der Waals surface area contributed by atoms with Crippen LogP contribution in [-0.4, -0.2) is 5.48 Å². The van der Waals surface area contributed by atoms with Crippen molar-refractivity contribution >= 4 is 23.5 Å². The molecule has 0 saturated carbocycles. The van der Waals surface area contributed by atoms with E-state index in [1.165, 1.54) is 11.9 Å². The van der Waals surface area contributed by atoms with E-state index < -0.39 is 0 Å². The van der Waals surface area contributed by atoms with Gasteiger partial charge in [0.25, 0.3) is 0 Å². The first kappa shape index (κ1) is 7.88. The molecule has 0 fully saturated rings. The van der Waals surface area contributed by atoms with Crippen LogP contribution in [0.25, 0.3) is 0 Å². The van der Waals surface area contributed by atoms with Crippen LogP contribution in [-0.2, 0) is 0 Å². The second-order valence-corrected chi connectivity index (χ2v) is 2.18. The van der Waals surface area contributed by atoms with Crippen LogP contribution in [0.5, 0.6) is 0 Å². The minimum Gasteiger partial charge on any atom is -0.412 e. The third-order valence-electron chi connectivity index (χ3n) is 0.546. The fourth-order valence-corrected chi connectivity index (χ4v) is 0.900. The van der Waals surface area contributed by atoms with E-state index in [2.05, 4.69) is 4.72 Å². The van der Waals surface area contributed by atoms with Gasteiger partial charge in [-0.15, -0.1) is 0 Å². The van der Waals surface area contributed by atoms with Crippen molar-refractivity contribution in [2.75, 3.05) is 0 Å². The van der Waals surface area contributed by atoms with Gasteiger partial charge in [-0.2, -0.15) is 0 Å². The maximum absolute atomic E-state index is 5.49. The van der Waals surface area contributed by atoms with Crippen molar-refractivity contribution in [2.24, 2.45) is 0 Å². The van der Waals surface area contributed by atoms with Gasteiger partial charge in [0.1, 0.15) is 5.16 Å². The maximum atomic E-state index is 5.49. The molecule has 4 heteroatoms. The lowest BCUT2D eigenvalue weighted by Crippen LogP contribution is -1.96. The Balaban J connectivity index is 0.000000490. The molecule has 0 saturated heterocycles. The van der Waals surface area contributed by atoms with E-state index in [0.717, 1.165) is 0 Å². The van der Waals surface area contributed by atoms with E-state index in [0.29, 0.717) is 5.16 Å². The fraction of sp³-hybridized carbons (Fsp3) is 0. The monoisotopic (exact) mass is 151 g/mol. The van der Waals surface area contributed by atoms with E-state index in [9.17, 15) is 0 Å². The molecule has 0 amide bonds. The van der Waals surface area contributed by atoms with Gasteiger partial charge in [0.05, 0.1) is 0 Å². The number of hydrogen-bond acceptors (Lipinski definition) is 2. The largest absolute Gasteiger partial charge is 0.412 e. The van der Waals surface area contributed by atoms with Crippen LogP contribution < -0.4 is 4.72 Å². The second kappa shape index (κ2) is 3.83. The molecule has 1 aliphatic heterocycles. The zero-order chi connectivity index (χ0) is 5.11. The SMILES string of the molecule is ClC1=CC=CSN1.O. The summed E-state index contributed by atoms with van der Waals surface area (Å²) in [6.07, 6.45) is 3.70. The first-order valence-corrected chi connectivity index (χ1v) is 3.09. The average Bonchev–Trinajstić information content (AvgIpc) is 1.69. The minimum atomic E-state index is 0. The highest BCUT2D eigenvalue weighted by Crippen LogP contribution is 2.09. The fourth-order valence-electron chi connectivity index (χ4n) is 0.287. The van der Waals surface area contributed by atoms with Crippen molar-refractivity contribution in [3.05, 3.63) is 22.7 Å². The average molecular weight is 152 g/mol. The van der Waals surface area contributed by atoms with Crippen LogP contribution in [0.1, 0.15) is 0 Å². The Labute approximate surface area is 57.0 Å². The summed E-state index contributed by atoms with van der Waals surface area (Å²) < 4.78 is 2.84. The molecule has 8 heavy (non-hydrogen) atoms. The number of rotatable bonds is 0. The zero-order valence-corrected chi connectivity index (χ0v) is 5.59. The van der Waals surface area contributed by atoms with Crippen molar-refractivity contribution in [1.29, 1.82) is 0 Å². The first-order valence-electron chi connectivity index (χ1n) is 1.83. The Bertz CT molecular complexity index is 123. The zero-order valence-electron chi connectivity index (χ0n) is 4.02. The third kappa shape index (κ3) is 2.26. The molecular weight excluding hydrogens is 146 g/mol. The van der Waals surface area contributed by atoms with E-state index in [1.54, 1.807) is 6.08 Å². The van der Waals surface area contributed by atoms with Crippen LogP contribution >= 0.6 is 23.5 Å². The summed E-state index contributed by atoms with van der Waals surface area (Å²) in [5, 5.41) is 2.61. The standard InChI is InChI=1S/C4H4ClNS.H2O/c5-4-2-1-3-7-6-4;/h1-3,6H;1H2. The minimum absolute atomic E-state index is 0. The van der Waals surface area contributed by atoms with E-state index in [4.69, 9.17) is 11.6 Å². The molecule has 0 unspecified atom stereocenters. The highest BCUT2D eigenvalue weighted by molar-refractivity contribution is 8.00. The molecule has 1 rings (SSSR count). The van der Waals surface area contributed by atoms with E-state index >= 15 is 0 Å². The van der Waals surface area contributed by atoms with E-state index in [-0.39, 0.29) is 5.48 Å². The molecule has 46 valence electrons. The van der Waals surface area contributed by atoms with Crippen LogP contribution in [0.3, 0.4) is 0 Å². The van der Waals surface area contributed by atoms with Gasteiger partial charge in [-0.25, -0.2) is 0 Å². The second-order valence-electron chi connectivity index (χ2n) is 1.06. The van der Waals surface area contributed by atoms with E-state index in [1.807, 2.05) is 11.5 Å². The molecule has 0 aromatic heterocycles. The van der Waals surface area contributed by atoms with Gasteiger partial charge in [-0.3, -0.25) is 0 Å². The van der Waals surface area contributed by atoms with Crippen molar-refractivity contribution in [3.8, 4) is 0 Å². The lowest BCUT2D eigenvalue weighted by atomic mass is 10.6. The first-order chi connectivity index (χ1) is 3.39. The predicted octanol–water partition coefficient (Wildman–Crippen LogP) is 1.01. The van der Waals surface area contributed by atoms with Crippen molar-refractivity contribution < 1.29 is 5.48 Å². The Kier molecular flexibility index (Phi) is 3.77. The molecule has 0 aromatic rings. The highest BCUT2D eigenvalue weighted by atomic mass is 35.5. The van der Waals surface area contributed by atoms with Gasteiger partial charge in [-0.1, -0.05) is 17.7 Å². The number of allylic oxidation sites excluding steroid dienone is 2. The molecule has 1 aliphatic rings. The normalized spacial score (nSPS) is 15.9. The predicted molar refractivity (Wildman–Crippen MR) is 37.4 cm³/mol. The lowest BCUT2D eigenvalue weighted by Gasteiger charge is -2.00. The number of nitrogens with one attached hydrogen (secondary N) is 1. The van der Waals surface area contributed by atoms with Crippen molar-refractivity contribution in [1.82, 2.24) is 4.72 Å². The summed E-state index contributed by atoms with van der Waals surface area (Å²) in [6, 6.07) is 0. The Morgan fingerprint density at radius 2 is 2.38 bits per heavy atom. The summed E-state index contributed by atoms with van der Waals surface area (Å²) in [7, 11) is 0. The summed E-state index contributed by atoms with van der Waals surface area (Å²) >= 11 is 6.97. The van der Waals surface area contributed by atoms with Gasteiger partial charge in [0, 0.05) is 0 Å². The molecule has 1 heterocycles. The molecular formula is C4H6ClNOS. The van der Waals surface area contributed by atoms with Gasteiger partial charge in [-0.05, 0) is 23.4 Å². The van der Waals surface area contributed by atoms with Crippen LogP contribution in [0.15, 0.2) is 22.7 Å². The van der Waals surface area contributed by atoms with Crippen LogP contribution in [0.2, 0.25) is 0 Å². The highest BCUT2D eigenvalue weighted by Gasteiger charge is 1.88. The van der Waals surface area contributed by atoms with Crippen LogP contribution in [0.4, 0.5) is 0 Å². The van der Waals surface area contributed by atoms with Crippen LogP contribution in [0, 0.1) is 0 Å². The van der Waals surface area contributed by atoms with Gasteiger partial charge in [0.15, 0.2) is 0 Å². The Morgan fingerprint density at radius 1 is 1.62 bits per heavy atom. The third-order valence-corrected chi connectivity index (χ3v) is 1.51.